The largest absolute Gasteiger partial charge is 0.433 e. The zero-order valence-electron chi connectivity index (χ0n) is 14.7. The molecule has 0 saturated carbocycles. The van der Waals surface area contributed by atoms with Gasteiger partial charge in [-0.1, -0.05) is 17.7 Å². The zero-order chi connectivity index (χ0) is 19.9. The van der Waals surface area contributed by atoms with Gasteiger partial charge in [-0.05, 0) is 44.0 Å². The molecule has 1 aromatic carbocycles. The molecule has 1 fully saturated rings. The molecule has 2 aromatic rings. The number of barbiturate groups is 1. The van der Waals surface area contributed by atoms with Crippen LogP contribution in [0, 0.1) is 30.9 Å². The Morgan fingerprint density at radius 1 is 1.11 bits per heavy atom. The predicted molar refractivity (Wildman–Crippen MR) is 95.0 cm³/mol. The van der Waals surface area contributed by atoms with E-state index >= 15 is 0 Å². The van der Waals surface area contributed by atoms with Crippen LogP contribution in [0.2, 0.25) is 0 Å². The molecule has 0 radical (unpaired) electrons. The van der Waals surface area contributed by atoms with Gasteiger partial charge >= 0.3 is 11.9 Å². The van der Waals surface area contributed by atoms with Crippen molar-refractivity contribution >= 4 is 35.5 Å². The molecule has 1 N–H and O–H groups in total. The fourth-order valence-electron chi connectivity index (χ4n) is 3.05. The van der Waals surface area contributed by atoms with E-state index in [2.05, 4.69) is 5.32 Å². The van der Waals surface area contributed by atoms with Crippen molar-refractivity contribution in [1.82, 2.24) is 5.32 Å². The predicted octanol–water partition coefficient (Wildman–Crippen LogP) is 2.78. The maximum absolute atomic E-state index is 12.9. The zero-order valence-corrected chi connectivity index (χ0v) is 14.7. The summed E-state index contributed by atoms with van der Waals surface area (Å²) in [6.07, 6.45) is 1.07. The standard InChI is InChI=1S/C18H15N3O6/c1-9-6-10(2)15(11(3)7-9)20-17(23)13(16(22)19-18(20)24)8-12-4-5-14(27-12)21(25)26/h4-8H,1-3H3,(H,19,22,24)/b13-8+. The number of aryl methyl sites for hydroxylation is 3. The van der Waals surface area contributed by atoms with Crippen LogP contribution < -0.4 is 10.2 Å². The van der Waals surface area contributed by atoms with Crippen LogP contribution in [-0.2, 0) is 9.59 Å². The Morgan fingerprint density at radius 2 is 1.74 bits per heavy atom. The lowest BCUT2D eigenvalue weighted by Crippen LogP contribution is -2.54. The van der Waals surface area contributed by atoms with E-state index in [1.54, 1.807) is 13.8 Å². The van der Waals surface area contributed by atoms with Gasteiger partial charge in [0.05, 0.1) is 11.8 Å². The summed E-state index contributed by atoms with van der Waals surface area (Å²) in [7, 11) is 0. The highest BCUT2D eigenvalue weighted by atomic mass is 16.6. The first kappa shape index (κ1) is 18.1. The summed E-state index contributed by atoms with van der Waals surface area (Å²) in [4.78, 5) is 48.2. The number of urea groups is 1. The van der Waals surface area contributed by atoms with E-state index in [9.17, 15) is 24.5 Å². The van der Waals surface area contributed by atoms with Crippen LogP contribution in [0.25, 0.3) is 6.08 Å². The Kier molecular flexibility index (Phi) is 4.36. The molecular weight excluding hydrogens is 354 g/mol. The summed E-state index contributed by atoms with van der Waals surface area (Å²) in [5.74, 6) is -2.31. The minimum absolute atomic E-state index is 0.0492. The lowest BCUT2D eigenvalue weighted by Gasteiger charge is -2.29. The number of nitrogens with one attached hydrogen (secondary N) is 1. The van der Waals surface area contributed by atoms with Crippen molar-refractivity contribution in [1.29, 1.82) is 0 Å². The molecule has 3 rings (SSSR count). The van der Waals surface area contributed by atoms with Crippen LogP contribution in [0.3, 0.4) is 0 Å². The highest BCUT2D eigenvalue weighted by Crippen LogP contribution is 2.30. The summed E-state index contributed by atoms with van der Waals surface area (Å²) < 4.78 is 4.96. The van der Waals surface area contributed by atoms with Crippen molar-refractivity contribution < 1.29 is 23.7 Å². The molecule has 0 spiro atoms. The second kappa shape index (κ2) is 6.52. The van der Waals surface area contributed by atoms with E-state index in [1.807, 2.05) is 19.1 Å². The summed E-state index contributed by atoms with van der Waals surface area (Å²) >= 11 is 0. The van der Waals surface area contributed by atoms with Gasteiger partial charge in [0.25, 0.3) is 11.8 Å². The third-order valence-corrected chi connectivity index (χ3v) is 4.04. The maximum atomic E-state index is 12.9. The first-order chi connectivity index (χ1) is 12.7. The van der Waals surface area contributed by atoms with E-state index in [0.717, 1.165) is 22.6 Å². The normalized spacial score (nSPS) is 16.0. The molecule has 138 valence electrons. The minimum atomic E-state index is -0.900. The van der Waals surface area contributed by atoms with E-state index in [4.69, 9.17) is 4.42 Å². The fraction of sp³-hybridized carbons (Fsp3) is 0.167. The van der Waals surface area contributed by atoms with Crippen LogP contribution in [0.4, 0.5) is 16.4 Å². The number of amides is 4. The lowest BCUT2D eigenvalue weighted by atomic mass is 10.0. The highest BCUT2D eigenvalue weighted by Gasteiger charge is 2.38. The van der Waals surface area contributed by atoms with Crippen molar-refractivity contribution in [2.24, 2.45) is 0 Å². The number of imide groups is 2. The van der Waals surface area contributed by atoms with Crippen molar-refractivity contribution in [3.8, 4) is 0 Å². The SMILES string of the molecule is Cc1cc(C)c(N2C(=O)NC(=O)/C(=C\c3ccc([N+](=O)[O-])o3)C2=O)c(C)c1. The average Bonchev–Trinajstić information content (AvgIpc) is 3.02. The van der Waals surface area contributed by atoms with Gasteiger partial charge in [-0.15, -0.1) is 0 Å². The smallest absolute Gasteiger partial charge is 0.401 e. The van der Waals surface area contributed by atoms with Gasteiger partial charge in [0, 0.05) is 0 Å². The fourth-order valence-corrected chi connectivity index (χ4v) is 3.05. The number of furan rings is 1. The van der Waals surface area contributed by atoms with Gasteiger partial charge < -0.3 is 4.42 Å². The molecule has 4 amide bonds. The van der Waals surface area contributed by atoms with Crippen LogP contribution in [0.1, 0.15) is 22.5 Å². The molecule has 1 aliphatic heterocycles. The molecule has 0 bridgehead atoms. The van der Waals surface area contributed by atoms with Gasteiger partial charge in [0.1, 0.15) is 16.3 Å². The van der Waals surface area contributed by atoms with Crippen LogP contribution in [0.5, 0.6) is 0 Å². The molecule has 1 aromatic heterocycles. The minimum Gasteiger partial charge on any atom is -0.401 e. The topological polar surface area (TPSA) is 123 Å². The van der Waals surface area contributed by atoms with Crippen molar-refractivity contribution in [3.05, 3.63) is 62.4 Å². The third-order valence-electron chi connectivity index (χ3n) is 4.04. The van der Waals surface area contributed by atoms with Crippen molar-refractivity contribution in [3.63, 3.8) is 0 Å². The number of hydrogen-bond acceptors (Lipinski definition) is 6. The Bertz CT molecular complexity index is 1010. The maximum Gasteiger partial charge on any atom is 0.433 e. The Balaban J connectivity index is 2.06. The van der Waals surface area contributed by atoms with Crippen LogP contribution in [0.15, 0.2) is 34.3 Å². The number of benzene rings is 1. The second-order valence-electron chi connectivity index (χ2n) is 6.14. The number of nitro groups is 1. The molecule has 2 heterocycles. The number of nitrogens with zero attached hydrogens (tertiary/aromatic N) is 2. The number of carbonyl (C=O) groups is 3. The van der Waals surface area contributed by atoms with Gasteiger partial charge in [-0.2, -0.15) is 0 Å². The van der Waals surface area contributed by atoms with E-state index in [-0.39, 0.29) is 11.3 Å². The van der Waals surface area contributed by atoms with Gasteiger partial charge in [-0.3, -0.25) is 25.0 Å². The van der Waals surface area contributed by atoms with Crippen LogP contribution >= 0.6 is 0 Å². The molecule has 1 aliphatic rings. The average molecular weight is 369 g/mol. The number of hydrogen-bond donors (Lipinski definition) is 1. The molecule has 0 aliphatic carbocycles. The monoisotopic (exact) mass is 369 g/mol. The summed E-state index contributed by atoms with van der Waals surface area (Å²) in [5, 5.41) is 12.8. The lowest BCUT2D eigenvalue weighted by molar-refractivity contribution is -0.402. The molecule has 1 saturated heterocycles. The highest BCUT2D eigenvalue weighted by molar-refractivity contribution is 6.39. The van der Waals surface area contributed by atoms with Gasteiger partial charge in [0.15, 0.2) is 0 Å². The molecule has 9 heteroatoms. The van der Waals surface area contributed by atoms with E-state index < -0.39 is 28.7 Å². The van der Waals surface area contributed by atoms with E-state index in [0.29, 0.717) is 16.8 Å². The first-order valence-corrected chi connectivity index (χ1v) is 7.92. The number of carbonyl (C=O) groups excluding carboxylic acids is 3. The van der Waals surface area contributed by atoms with Gasteiger partial charge in [-0.25, -0.2) is 9.69 Å². The van der Waals surface area contributed by atoms with Crippen molar-refractivity contribution in [2.45, 2.75) is 20.8 Å². The van der Waals surface area contributed by atoms with Crippen molar-refractivity contribution in [2.75, 3.05) is 4.90 Å². The first-order valence-electron chi connectivity index (χ1n) is 7.92. The molecule has 27 heavy (non-hydrogen) atoms. The summed E-state index contributed by atoms with van der Waals surface area (Å²) in [5.41, 5.74) is 2.37. The Labute approximate surface area is 153 Å². The van der Waals surface area contributed by atoms with E-state index in [1.165, 1.54) is 6.07 Å². The molecule has 0 atom stereocenters. The third kappa shape index (κ3) is 3.22. The quantitative estimate of drug-likeness (QED) is 0.384. The molecule has 9 nitrogen and oxygen atoms in total. The Morgan fingerprint density at radius 3 is 2.30 bits per heavy atom. The molecule has 0 unspecified atom stereocenters. The van der Waals surface area contributed by atoms with Gasteiger partial charge in [0.2, 0.25) is 0 Å². The number of rotatable bonds is 3. The Hall–Kier alpha value is -3.75. The summed E-state index contributed by atoms with van der Waals surface area (Å²) in [6.45, 7) is 5.40. The number of anilines is 1. The second-order valence-corrected chi connectivity index (χ2v) is 6.14. The molecular formula is C18H15N3O6. The van der Waals surface area contributed by atoms with Crippen LogP contribution in [-0.4, -0.2) is 22.8 Å². The summed E-state index contributed by atoms with van der Waals surface area (Å²) in [6, 6.07) is 5.14.